The zero-order chi connectivity index (χ0) is 26.1. The van der Waals surface area contributed by atoms with Crippen molar-refractivity contribution in [3.8, 4) is 5.75 Å². The van der Waals surface area contributed by atoms with Crippen molar-refractivity contribution in [2.75, 3.05) is 11.4 Å². The van der Waals surface area contributed by atoms with Crippen molar-refractivity contribution in [1.82, 2.24) is 4.57 Å². The monoisotopic (exact) mass is 500 g/mol. The van der Waals surface area contributed by atoms with Crippen molar-refractivity contribution < 1.29 is 19.8 Å². The molecule has 3 N–H and O–H groups in total. The second-order valence-corrected chi connectivity index (χ2v) is 8.43. The lowest BCUT2D eigenvalue weighted by Crippen LogP contribution is -2.37. The lowest BCUT2D eigenvalue weighted by molar-refractivity contribution is -0.266. The minimum absolute atomic E-state index is 0.179. The van der Waals surface area contributed by atoms with E-state index in [0.717, 1.165) is 19.3 Å². The second-order valence-electron chi connectivity index (χ2n) is 8.03. The molecule has 1 heterocycles. The number of aryl methyl sites for hydroxylation is 1. The molecule has 35 heavy (non-hydrogen) atoms. The number of aromatic nitrogens is 1. The van der Waals surface area contributed by atoms with Crippen LogP contribution in [-0.4, -0.2) is 34.1 Å². The predicted octanol–water partition coefficient (Wildman–Crippen LogP) is 3.91. The van der Waals surface area contributed by atoms with Gasteiger partial charge >= 0.3 is 5.97 Å². The van der Waals surface area contributed by atoms with Crippen LogP contribution in [0.15, 0.2) is 53.3 Å². The average Bonchev–Trinajstić information content (AvgIpc) is 2.84. The smallest absolute Gasteiger partial charge is 0.320 e. The number of carbonyl (C=O) groups is 2. The summed E-state index contributed by atoms with van der Waals surface area (Å²) in [4.78, 5) is 37.2. The second kappa shape index (κ2) is 12.9. The van der Waals surface area contributed by atoms with Crippen LogP contribution < -0.4 is 21.3 Å². The molecular formula is C26H31ClN3O5-. The zero-order valence-corrected chi connectivity index (χ0v) is 20.9. The number of amides is 1. The highest BCUT2D eigenvalue weighted by molar-refractivity contribution is 6.36. The third kappa shape index (κ3) is 6.61. The number of unbranched alkanes of at least 4 members (excludes halogenated alkanes) is 2. The van der Waals surface area contributed by atoms with Crippen LogP contribution in [0.3, 0.4) is 0 Å². The number of hydrogen-bond donors (Lipinski definition) is 2. The minimum Gasteiger partial charge on any atom is -0.871 e. The summed E-state index contributed by atoms with van der Waals surface area (Å²) in [7, 11) is 1.52. The van der Waals surface area contributed by atoms with E-state index in [1.807, 2.05) is 6.07 Å². The van der Waals surface area contributed by atoms with Gasteiger partial charge in [0.05, 0.1) is 11.1 Å². The lowest BCUT2D eigenvalue weighted by Gasteiger charge is -2.25. The summed E-state index contributed by atoms with van der Waals surface area (Å²) < 4.78 is 1.29. The quantitative estimate of drug-likeness (QED) is 0.451. The number of fused-ring (bicyclic) bond motifs is 1. The number of benzene rings is 2. The number of carboxylic acids is 1. The number of para-hydroxylation sites is 1. The Labute approximate surface area is 209 Å². The summed E-state index contributed by atoms with van der Waals surface area (Å²) in [6.45, 7) is 4.19. The van der Waals surface area contributed by atoms with E-state index in [1.54, 1.807) is 49.4 Å². The Hall–Kier alpha value is -3.36. The summed E-state index contributed by atoms with van der Waals surface area (Å²) in [5, 5.41) is 21.6. The van der Waals surface area contributed by atoms with E-state index in [2.05, 4.69) is 6.92 Å². The number of pyridine rings is 1. The van der Waals surface area contributed by atoms with Gasteiger partial charge in [0.25, 0.3) is 11.5 Å². The Bertz CT molecular complexity index is 1230. The maximum Gasteiger partial charge on any atom is 0.320 e. The van der Waals surface area contributed by atoms with Gasteiger partial charge in [-0.3, -0.25) is 14.4 Å². The fourth-order valence-corrected chi connectivity index (χ4v) is 3.88. The molecule has 1 atom stereocenters. The molecule has 188 valence electrons. The molecule has 0 fully saturated rings. The molecule has 1 aromatic heterocycles. The predicted molar refractivity (Wildman–Crippen MR) is 137 cm³/mol. The molecule has 1 amide bonds. The molecule has 0 unspecified atom stereocenters. The first-order valence-corrected chi connectivity index (χ1v) is 11.9. The van der Waals surface area contributed by atoms with Crippen LogP contribution in [0, 0.1) is 0 Å². The number of nitrogens with zero attached hydrogens (tertiary/aromatic N) is 2. The van der Waals surface area contributed by atoms with Crippen LogP contribution in [-0.2, 0) is 11.8 Å². The first-order valence-electron chi connectivity index (χ1n) is 11.5. The van der Waals surface area contributed by atoms with E-state index in [4.69, 9.17) is 22.4 Å². The summed E-state index contributed by atoms with van der Waals surface area (Å²) in [5.41, 5.74) is 5.26. The van der Waals surface area contributed by atoms with Gasteiger partial charge in [0.1, 0.15) is 6.04 Å². The van der Waals surface area contributed by atoms with Crippen molar-refractivity contribution >= 4 is 40.1 Å². The molecule has 0 bridgehead atoms. The molecule has 9 heteroatoms. The maximum absolute atomic E-state index is 13.0. The van der Waals surface area contributed by atoms with E-state index < -0.39 is 34.8 Å². The number of aliphatic carboxylic acids is 1. The van der Waals surface area contributed by atoms with Gasteiger partial charge in [-0.25, -0.2) is 0 Å². The Morgan fingerprint density at radius 3 is 2.34 bits per heavy atom. The highest BCUT2D eigenvalue weighted by Gasteiger charge is 2.23. The van der Waals surface area contributed by atoms with Crippen LogP contribution >= 0.6 is 11.6 Å². The molecule has 0 aliphatic rings. The van der Waals surface area contributed by atoms with Gasteiger partial charge in [0.15, 0.2) is 0 Å². The van der Waals surface area contributed by atoms with Crippen molar-refractivity contribution in [2.24, 2.45) is 12.8 Å². The molecule has 0 radical (unpaired) electrons. The fourth-order valence-electron chi connectivity index (χ4n) is 3.63. The Morgan fingerprint density at radius 2 is 1.77 bits per heavy atom. The standard InChI is InChI=1S/C19H17ClN2O3.C7H15NO2/c1-3-22(12-8-5-4-6-9-12)19(25)16-17(23)15-13(20)10-7-11-14(15)21(2)18(16)24;1-2-3-4-5-6(8)7(9)10/h4-11,23H,3H2,1-2H3;6H,2-5,8H2,1H3,(H,9,10)/p-1/t;6-/m.0/s1. The number of carbonyl (C=O) groups excluding carboxylic acids is 1. The van der Waals surface area contributed by atoms with Crippen molar-refractivity contribution in [2.45, 2.75) is 45.6 Å². The van der Waals surface area contributed by atoms with Gasteiger partial charge in [-0.1, -0.05) is 67.8 Å². The number of hydrogen-bond acceptors (Lipinski definition) is 5. The SMILES string of the molecule is CCCCC[C@H](N)C(=O)O.CCN(C(=O)c1c([O-])c2c(Cl)cccc2n(C)c1=O)c1ccccc1. The number of halogens is 1. The largest absolute Gasteiger partial charge is 0.871 e. The summed E-state index contributed by atoms with van der Waals surface area (Å²) in [6.07, 6.45) is 3.69. The first kappa shape index (κ1) is 27.9. The van der Waals surface area contributed by atoms with Crippen molar-refractivity contribution in [3.63, 3.8) is 0 Å². The van der Waals surface area contributed by atoms with Gasteiger partial charge < -0.3 is 25.4 Å². The zero-order valence-electron chi connectivity index (χ0n) is 20.2. The van der Waals surface area contributed by atoms with E-state index in [9.17, 15) is 19.5 Å². The molecule has 2 aromatic carbocycles. The number of nitrogens with two attached hydrogens (primary N) is 1. The molecular weight excluding hydrogens is 470 g/mol. The highest BCUT2D eigenvalue weighted by atomic mass is 35.5. The average molecular weight is 501 g/mol. The van der Waals surface area contributed by atoms with Gasteiger partial charge in [-0.15, -0.1) is 0 Å². The van der Waals surface area contributed by atoms with Crippen LogP contribution in [0.4, 0.5) is 5.69 Å². The van der Waals surface area contributed by atoms with Gasteiger partial charge in [0, 0.05) is 29.7 Å². The number of carboxylic acid groups (broad SMARTS) is 1. The third-order valence-electron chi connectivity index (χ3n) is 5.60. The molecule has 0 saturated heterocycles. The van der Waals surface area contributed by atoms with Gasteiger partial charge in [0.2, 0.25) is 0 Å². The summed E-state index contributed by atoms with van der Waals surface area (Å²) in [6, 6.07) is 13.1. The topological polar surface area (TPSA) is 129 Å². The van der Waals surface area contributed by atoms with Gasteiger partial charge in [-0.2, -0.15) is 0 Å². The summed E-state index contributed by atoms with van der Waals surface area (Å²) >= 11 is 6.15. The Morgan fingerprint density at radius 1 is 1.11 bits per heavy atom. The van der Waals surface area contributed by atoms with Gasteiger partial charge in [-0.05, 0) is 37.6 Å². The van der Waals surface area contributed by atoms with E-state index in [1.165, 1.54) is 16.5 Å². The van der Waals surface area contributed by atoms with Crippen LogP contribution in [0.1, 0.15) is 49.9 Å². The van der Waals surface area contributed by atoms with Crippen molar-refractivity contribution in [3.05, 3.63) is 69.5 Å². The normalized spacial score (nSPS) is 11.5. The molecule has 0 aliphatic heterocycles. The summed E-state index contributed by atoms with van der Waals surface area (Å²) in [5.74, 6) is -2.15. The molecule has 0 aliphatic carbocycles. The number of rotatable bonds is 8. The molecule has 3 rings (SSSR count). The molecule has 0 saturated carbocycles. The Balaban J connectivity index is 0.000000367. The number of anilines is 1. The van der Waals surface area contributed by atoms with E-state index in [-0.39, 0.29) is 10.4 Å². The first-order chi connectivity index (χ1) is 16.6. The Kier molecular flexibility index (Phi) is 10.3. The third-order valence-corrected chi connectivity index (χ3v) is 5.92. The van der Waals surface area contributed by atoms with Crippen LogP contribution in [0.2, 0.25) is 5.02 Å². The van der Waals surface area contributed by atoms with Crippen LogP contribution in [0.5, 0.6) is 5.75 Å². The van der Waals surface area contributed by atoms with E-state index >= 15 is 0 Å². The van der Waals surface area contributed by atoms with Crippen molar-refractivity contribution in [1.29, 1.82) is 0 Å². The highest BCUT2D eigenvalue weighted by Crippen LogP contribution is 2.31. The maximum atomic E-state index is 13.0. The lowest BCUT2D eigenvalue weighted by atomic mass is 10.1. The van der Waals surface area contributed by atoms with E-state index in [0.29, 0.717) is 24.2 Å². The molecule has 8 nitrogen and oxygen atoms in total. The minimum atomic E-state index is -0.892. The molecule has 3 aromatic rings. The van der Waals surface area contributed by atoms with Crippen LogP contribution in [0.25, 0.3) is 10.9 Å². The fraction of sp³-hybridized carbons (Fsp3) is 0.346. The molecule has 0 spiro atoms.